The summed E-state index contributed by atoms with van der Waals surface area (Å²) < 4.78 is 11.0. The summed E-state index contributed by atoms with van der Waals surface area (Å²) in [5, 5.41) is 3.29. The second-order valence-corrected chi connectivity index (χ2v) is 10.4. The molecule has 0 fully saturated rings. The monoisotopic (exact) mass is 540 g/mol. The number of ether oxygens (including phenoxy) is 2. The van der Waals surface area contributed by atoms with Gasteiger partial charge in [-0.2, -0.15) is 0 Å². The number of nitrogen functional groups attached to an aromatic ring is 1. The molecule has 9 nitrogen and oxygen atoms in total. The topological polar surface area (TPSA) is 106 Å². The molecule has 4 rings (SSSR count). The van der Waals surface area contributed by atoms with Gasteiger partial charge in [0, 0.05) is 38.0 Å². The number of hydrogen-bond acceptors (Lipinski definition) is 8. The maximum absolute atomic E-state index is 12.7. The summed E-state index contributed by atoms with van der Waals surface area (Å²) >= 11 is 0. The minimum absolute atomic E-state index is 0.402. The van der Waals surface area contributed by atoms with Crippen molar-refractivity contribution in [3.8, 4) is 5.75 Å². The van der Waals surface area contributed by atoms with E-state index in [2.05, 4.69) is 44.5 Å². The van der Waals surface area contributed by atoms with Gasteiger partial charge in [-0.15, -0.1) is 0 Å². The zero-order chi connectivity index (χ0) is 28.7. The van der Waals surface area contributed by atoms with Gasteiger partial charge in [0.15, 0.2) is 11.6 Å². The van der Waals surface area contributed by atoms with Crippen LogP contribution in [0.1, 0.15) is 31.9 Å². The van der Waals surface area contributed by atoms with Gasteiger partial charge in [-0.1, -0.05) is 60.7 Å². The van der Waals surface area contributed by atoms with Crippen molar-refractivity contribution in [1.29, 1.82) is 0 Å². The van der Waals surface area contributed by atoms with Crippen molar-refractivity contribution in [1.82, 2.24) is 9.97 Å². The van der Waals surface area contributed by atoms with Crippen LogP contribution in [0.25, 0.3) is 0 Å². The van der Waals surface area contributed by atoms with E-state index in [0.29, 0.717) is 47.5 Å². The molecule has 0 aliphatic heterocycles. The second-order valence-electron chi connectivity index (χ2n) is 10.4. The number of nitrogens with zero attached hydrogens (tertiary/aromatic N) is 4. The third-order valence-corrected chi connectivity index (χ3v) is 6.04. The number of aromatic nitrogens is 2. The molecular formula is C31H36N6O3. The third kappa shape index (κ3) is 7.41. The first-order valence-electron chi connectivity index (χ1n) is 13.0. The molecule has 0 aliphatic carbocycles. The summed E-state index contributed by atoms with van der Waals surface area (Å²) in [6, 6.07) is 25.7. The van der Waals surface area contributed by atoms with Gasteiger partial charge in [0.2, 0.25) is 0 Å². The van der Waals surface area contributed by atoms with Crippen molar-refractivity contribution >= 4 is 34.8 Å². The fourth-order valence-corrected chi connectivity index (χ4v) is 4.09. The summed E-state index contributed by atoms with van der Waals surface area (Å²) in [4.78, 5) is 25.2. The SMILES string of the molecule is COc1cc(Nc2ncnc(N(Cc3ccccc3)Cc3ccccc3)c2N)cc(N(C)C(=O)OC(C)(C)C)c1. The Morgan fingerprint density at radius 1 is 0.925 bits per heavy atom. The first kappa shape index (κ1) is 28.2. The molecule has 40 heavy (non-hydrogen) atoms. The summed E-state index contributed by atoms with van der Waals surface area (Å²) in [6.45, 7) is 6.70. The fourth-order valence-electron chi connectivity index (χ4n) is 4.09. The molecule has 0 saturated heterocycles. The minimum atomic E-state index is -0.623. The fraction of sp³-hybridized carbons (Fsp3) is 0.258. The Hall–Kier alpha value is -4.79. The van der Waals surface area contributed by atoms with Crippen molar-refractivity contribution in [2.24, 2.45) is 0 Å². The van der Waals surface area contributed by atoms with Gasteiger partial charge >= 0.3 is 6.09 Å². The van der Waals surface area contributed by atoms with Crippen LogP contribution in [0.3, 0.4) is 0 Å². The number of nitrogens with two attached hydrogens (primary N) is 1. The van der Waals surface area contributed by atoms with E-state index in [-0.39, 0.29) is 0 Å². The first-order chi connectivity index (χ1) is 19.1. The molecule has 3 N–H and O–H groups in total. The summed E-state index contributed by atoms with van der Waals surface area (Å²) in [6.07, 6.45) is 1.01. The van der Waals surface area contributed by atoms with Crippen LogP contribution in [0.4, 0.5) is 33.5 Å². The molecule has 0 atom stereocenters. The molecule has 1 aromatic heterocycles. The molecule has 0 unspecified atom stereocenters. The van der Waals surface area contributed by atoms with E-state index in [1.807, 2.05) is 57.2 Å². The molecular weight excluding hydrogens is 504 g/mol. The van der Waals surface area contributed by atoms with Crippen LogP contribution in [0.2, 0.25) is 0 Å². The third-order valence-electron chi connectivity index (χ3n) is 6.04. The van der Waals surface area contributed by atoms with Gasteiger partial charge in [0.25, 0.3) is 0 Å². The number of carbonyl (C=O) groups is 1. The number of amides is 1. The van der Waals surface area contributed by atoms with Gasteiger partial charge in [-0.05, 0) is 38.0 Å². The Labute approximate surface area is 235 Å². The molecule has 0 bridgehead atoms. The molecule has 0 saturated carbocycles. The summed E-state index contributed by atoms with van der Waals surface area (Å²) in [7, 11) is 3.22. The summed E-state index contributed by atoms with van der Waals surface area (Å²) in [5.41, 5.74) is 9.95. The number of methoxy groups -OCH3 is 1. The van der Waals surface area contributed by atoms with Gasteiger partial charge in [0.05, 0.1) is 12.8 Å². The standard InChI is InChI=1S/C31H36N6O3/c1-31(2,3)40-30(38)36(4)25-16-24(17-26(18-25)39-5)35-28-27(32)29(34-21-33-28)37(19-22-12-8-6-9-13-22)20-23-14-10-7-11-15-23/h6-18,21H,19-20,32H2,1-5H3,(H,33,34,35). The van der Waals surface area contributed by atoms with E-state index in [0.717, 1.165) is 11.1 Å². The van der Waals surface area contributed by atoms with E-state index < -0.39 is 11.7 Å². The lowest BCUT2D eigenvalue weighted by Crippen LogP contribution is -2.34. The zero-order valence-electron chi connectivity index (χ0n) is 23.6. The van der Waals surface area contributed by atoms with E-state index >= 15 is 0 Å². The molecule has 3 aromatic carbocycles. The molecule has 0 spiro atoms. The Kier molecular flexibility index (Phi) is 8.73. The Morgan fingerprint density at radius 2 is 1.52 bits per heavy atom. The lowest BCUT2D eigenvalue weighted by atomic mass is 10.1. The van der Waals surface area contributed by atoms with Crippen LogP contribution in [0, 0.1) is 0 Å². The highest BCUT2D eigenvalue weighted by Crippen LogP contribution is 2.33. The quantitative estimate of drug-likeness (QED) is 0.252. The van der Waals surface area contributed by atoms with Gasteiger partial charge in [0.1, 0.15) is 23.4 Å². The van der Waals surface area contributed by atoms with E-state index in [1.165, 1.54) is 11.2 Å². The maximum Gasteiger partial charge on any atom is 0.414 e. The first-order valence-corrected chi connectivity index (χ1v) is 13.0. The van der Waals surface area contributed by atoms with Gasteiger partial charge in [-0.25, -0.2) is 14.8 Å². The molecule has 0 aliphatic rings. The van der Waals surface area contributed by atoms with Gasteiger partial charge < -0.3 is 25.4 Å². The zero-order valence-corrected chi connectivity index (χ0v) is 23.6. The molecule has 0 radical (unpaired) electrons. The average Bonchev–Trinajstić information content (AvgIpc) is 2.93. The van der Waals surface area contributed by atoms with Crippen molar-refractivity contribution in [3.05, 3.63) is 96.3 Å². The van der Waals surface area contributed by atoms with E-state index in [9.17, 15) is 4.79 Å². The molecule has 4 aromatic rings. The number of anilines is 5. The highest BCUT2D eigenvalue weighted by molar-refractivity contribution is 5.89. The van der Waals surface area contributed by atoms with Crippen LogP contribution in [0.15, 0.2) is 85.2 Å². The Balaban J connectivity index is 1.65. The highest BCUT2D eigenvalue weighted by atomic mass is 16.6. The lowest BCUT2D eigenvalue weighted by Gasteiger charge is -2.26. The van der Waals surface area contributed by atoms with Crippen molar-refractivity contribution in [2.45, 2.75) is 39.5 Å². The number of benzene rings is 3. The van der Waals surface area contributed by atoms with Crippen molar-refractivity contribution < 1.29 is 14.3 Å². The highest BCUT2D eigenvalue weighted by Gasteiger charge is 2.22. The van der Waals surface area contributed by atoms with Crippen LogP contribution in [-0.2, 0) is 17.8 Å². The molecule has 9 heteroatoms. The van der Waals surface area contributed by atoms with Crippen molar-refractivity contribution in [3.63, 3.8) is 0 Å². The maximum atomic E-state index is 12.7. The van der Waals surface area contributed by atoms with E-state index in [4.69, 9.17) is 15.2 Å². The molecule has 1 amide bonds. The molecule has 1 heterocycles. The molecule has 208 valence electrons. The number of carbonyl (C=O) groups excluding carboxylic acids is 1. The van der Waals surface area contributed by atoms with Crippen LogP contribution < -0.4 is 25.6 Å². The van der Waals surface area contributed by atoms with E-state index in [1.54, 1.807) is 32.4 Å². The lowest BCUT2D eigenvalue weighted by molar-refractivity contribution is 0.0589. The minimum Gasteiger partial charge on any atom is -0.497 e. The summed E-state index contributed by atoms with van der Waals surface area (Å²) in [5.74, 6) is 1.60. The largest absolute Gasteiger partial charge is 0.497 e. The predicted molar refractivity (Wildman–Crippen MR) is 160 cm³/mol. The number of rotatable bonds is 9. The van der Waals surface area contributed by atoms with Crippen LogP contribution >= 0.6 is 0 Å². The second kappa shape index (κ2) is 12.4. The van der Waals surface area contributed by atoms with Crippen LogP contribution in [-0.4, -0.2) is 35.8 Å². The van der Waals surface area contributed by atoms with Crippen molar-refractivity contribution in [2.75, 3.05) is 35.0 Å². The Bertz CT molecular complexity index is 1380. The number of nitrogens with one attached hydrogen (secondary N) is 1. The smallest absolute Gasteiger partial charge is 0.414 e. The predicted octanol–water partition coefficient (Wildman–Crippen LogP) is 6.39. The van der Waals surface area contributed by atoms with Crippen LogP contribution in [0.5, 0.6) is 5.75 Å². The number of hydrogen-bond donors (Lipinski definition) is 2. The normalized spacial score (nSPS) is 11.0. The van der Waals surface area contributed by atoms with Gasteiger partial charge in [-0.3, -0.25) is 4.90 Å². The average molecular weight is 541 g/mol. The Morgan fingerprint density at radius 3 is 2.08 bits per heavy atom.